The van der Waals surface area contributed by atoms with Gasteiger partial charge in [-0.15, -0.1) is 0 Å². The third kappa shape index (κ3) is 1.75. The summed E-state index contributed by atoms with van der Waals surface area (Å²) in [6, 6.07) is 2.08. The molecule has 0 aliphatic heterocycles. The summed E-state index contributed by atoms with van der Waals surface area (Å²) >= 11 is 2.92. The Morgan fingerprint density at radius 3 is 2.45 bits per heavy atom. The molecule has 0 heterocycles. The summed E-state index contributed by atoms with van der Waals surface area (Å²) in [5, 5.41) is 2.56. The Labute approximate surface area is 124 Å². The van der Waals surface area contributed by atoms with Crippen molar-refractivity contribution in [1.82, 2.24) is 0 Å². The van der Waals surface area contributed by atoms with Crippen LogP contribution in [0.2, 0.25) is 0 Å². The van der Waals surface area contributed by atoms with E-state index in [-0.39, 0.29) is 22.0 Å². The number of nitrogens with one attached hydrogen (secondary N) is 1. The largest absolute Gasteiger partial charge is 0.323 e. The smallest absolute Gasteiger partial charge is 0.228 e. The number of halogens is 3. The van der Waals surface area contributed by atoms with Crippen LogP contribution in [0.1, 0.15) is 19.3 Å². The lowest BCUT2D eigenvalue weighted by atomic mass is 10.0. The van der Waals surface area contributed by atoms with Crippen LogP contribution in [0.3, 0.4) is 0 Å². The van der Waals surface area contributed by atoms with E-state index in [1.54, 1.807) is 0 Å². The van der Waals surface area contributed by atoms with Gasteiger partial charge in [-0.1, -0.05) is 0 Å². The van der Waals surface area contributed by atoms with Crippen LogP contribution in [-0.4, -0.2) is 5.91 Å². The molecule has 1 aromatic rings. The molecule has 4 unspecified atom stereocenters. The summed E-state index contributed by atoms with van der Waals surface area (Å²) in [6.07, 6.45) is 3.73. The number of anilines is 1. The van der Waals surface area contributed by atoms with Crippen molar-refractivity contribution in [3.8, 4) is 0 Å². The Morgan fingerprint density at radius 1 is 1.15 bits per heavy atom. The standard InChI is InChI=1S/C15H14BrF2NO/c16-8-4-10(18)11(5-9(8)17)19-15(20)14-12-6-1-2-7(3-6)13(12)14/h4-7,12-14H,1-3H2,(H,19,20). The third-order valence-electron chi connectivity index (χ3n) is 5.31. The van der Waals surface area contributed by atoms with Gasteiger partial charge in [0.05, 0.1) is 10.2 Å². The molecule has 4 atom stereocenters. The summed E-state index contributed by atoms with van der Waals surface area (Å²) in [7, 11) is 0. The van der Waals surface area contributed by atoms with Crippen molar-refractivity contribution in [3.05, 3.63) is 28.2 Å². The Hall–Kier alpha value is -0.970. The summed E-state index contributed by atoms with van der Waals surface area (Å²) in [5.74, 6) is 1.07. The highest BCUT2D eigenvalue weighted by Crippen LogP contribution is 2.69. The molecule has 0 saturated heterocycles. The van der Waals surface area contributed by atoms with Crippen molar-refractivity contribution in [2.75, 3.05) is 5.32 Å². The zero-order valence-corrected chi connectivity index (χ0v) is 12.3. The minimum atomic E-state index is -0.611. The topological polar surface area (TPSA) is 29.1 Å². The molecule has 1 amide bonds. The summed E-state index contributed by atoms with van der Waals surface area (Å²) in [4.78, 5) is 12.2. The van der Waals surface area contributed by atoms with Crippen LogP contribution < -0.4 is 5.32 Å². The minimum Gasteiger partial charge on any atom is -0.323 e. The van der Waals surface area contributed by atoms with E-state index in [1.807, 2.05) is 0 Å². The fourth-order valence-corrected chi connectivity index (χ4v) is 4.83. The number of fused-ring (bicyclic) bond motifs is 5. The molecule has 3 aliphatic carbocycles. The second-order valence-corrected chi connectivity index (χ2v) is 7.10. The first kappa shape index (κ1) is 12.7. The highest BCUT2D eigenvalue weighted by Gasteiger charge is 2.67. The van der Waals surface area contributed by atoms with E-state index in [2.05, 4.69) is 21.2 Å². The van der Waals surface area contributed by atoms with Crippen LogP contribution in [0.4, 0.5) is 14.5 Å². The van der Waals surface area contributed by atoms with Crippen LogP contribution in [0.5, 0.6) is 0 Å². The van der Waals surface area contributed by atoms with Gasteiger partial charge in [-0.3, -0.25) is 4.79 Å². The van der Waals surface area contributed by atoms with Crippen LogP contribution in [0.25, 0.3) is 0 Å². The molecule has 4 rings (SSSR count). The van der Waals surface area contributed by atoms with Crippen LogP contribution in [0.15, 0.2) is 16.6 Å². The number of amides is 1. The predicted octanol–water partition coefficient (Wildman–Crippen LogP) is 3.96. The van der Waals surface area contributed by atoms with E-state index in [9.17, 15) is 13.6 Å². The van der Waals surface area contributed by atoms with E-state index in [0.29, 0.717) is 23.7 Å². The summed E-state index contributed by atoms with van der Waals surface area (Å²) in [5.41, 5.74) is -0.0620. The number of carbonyl (C=O) groups excluding carboxylic acids is 1. The van der Waals surface area contributed by atoms with Gasteiger partial charge in [0.2, 0.25) is 5.91 Å². The van der Waals surface area contributed by atoms with E-state index >= 15 is 0 Å². The lowest BCUT2D eigenvalue weighted by molar-refractivity contribution is -0.118. The van der Waals surface area contributed by atoms with Crippen molar-refractivity contribution >= 4 is 27.5 Å². The van der Waals surface area contributed by atoms with Crippen molar-refractivity contribution in [3.63, 3.8) is 0 Å². The van der Waals surface area contributed by atoms with E-state index in [1.165, 1.54) is 19.3 Å². The highest BCUT2D eigenvalue weighted by atomic mass is 79.9. The molecule has 3 aliphatic rings. The molecule has 20 heavy (non-hydrogen) atoms. The minimum absolute atomic E-state index is 0.0207. The van der Waals surface area contributed by atoms with Crippen molar-refractivity contribution in [2.24, 2.45) is 29.6 Å². The molecule has 1 aromatic carbocycles. The first-order valence-electron chi connectivity index (χ1n) is 7.01. The normalized spacial score (nSPS) is 36.9. The van der Waals surface area contributed by atoms with Gasteiger partial charge in [-0.2, -0.15) is 0 Å². The Balaban J connectivity index is 1.51. The molecule has 0 spiro atoms. The SMILES string of the molecule is O=C(Nc1cc(F)c(Br)cc1F)C1C2C3CCC(C3)C12. The average Bonchev–Trinajstić information content (AvgIpc) is 2.85. The van der Waals surface area contributed by atoms with Crippen LogP contribution in [0, 0.1) is 41.2 Å². The van der Waals surface area contributed by atoms with Gasteiger partial charge in [-0.05, 0) is 64.9 Å². The van der Waals surface area contributed by atoms with Gasteiger partial charge < -0.3 is 5.32 Å². The number of rotatable bonds is 2. The third-order valence-corrected chi connectivity index (χ3v) is 5.91. The second kappa shape index (κ2) is 4.26. The quantitative estimate of drug-likeness (QED) is 0.810. The predicted molar refractivity (Wildman–Crippen MR) is 74.0 cm³/mol. The van der Waals surface area contributed by atoms with Crippen LogP contribution in [-0.2, 0) is 4.79 Å². The fourth-order valence-electron chi connectivity index (χ4n) is 4.51. The highest BCUT2D eigenvalue weighted by molar-refractivity contribution is 9.10. The Kier molecular flexibility index (Phi) is 2.72. The molecular weight excluding hydrogens is 328 g/mol. The number of benzene rings is 1. The molecule has 106 valence electrons. The van der Waals surface area contributed by atoms with Crippen molar-refractivity contribution < 1.29 is 13.6 Å². The number of hydrogen-bond acceptors (Lipinski definition) is 1. The number of carbonyl (C=O) groups is 1. The zero-order chi connectivity index (χ0) is 14.0. The average molecular weight is 342 g/mol. The Morgan fingerprint density at radius 2 is 1.80 bits per heavy atom. The monoisotopic (exact) mass is 341 g/mol. The van der Waals surface area contributed by atoms with Crippen molar-refractivity contribution in [2.45, 2.75) is 19.3 Å². The molecule has 0 aromatic heterocycles. The first-order valence-corrected chi connectivity index (χ1v) is 7.81. The fraction of sp³-hybridized carbons (Fsp3) is 0.533. The maximum Gasteiger partial charge on any atom is 0.228 e. The van der Waals surface area contributed by atoms with E-state index < -0.39 is 11.6 Å². The van der Waals surface area contributed by atoms with Gasteiger partial charge in [0, 0.05) is 12.0 Å². The lowest BCUT2D eigenvalue weighted by Gasteiger charge is -2.10. The van der Waals surface area contributed by atoms with Gasteiger partial charge in [0.15, 0.2) is 0 Å². The number of hydrogen-bond donors (Lipinski definition) is 1. The maximum atomic E-state index is 13.7. The zero-order valence-electron chi connectivity index (χ0n) is 10.7. The second-order valence-electron chi connectivity index (χ2n) is 6.25. The van der Waals surface area contributed by atoms with E-state index in [4.69, 9.17) is 0 Å². The maximum absolute atomic E-state index is 13.7. The molecule has 5 heteroatoms. The first-order chi connectivity index (χ1) is 9.56. The molecule has 0 radical (unpaired) electrons. The van der Waals surface area contributed by atoms with Crippen molar-refractivity contribution in [1.29, 1.82) is 0 Å². The molecule has 3 fully saturated rings. The molecule has 3 saturated carbocycles. The summed E-state index contributed by atoms with van der Waals surface area (Å²) in [6.45, 7) is 0. The van der Waals surface area contributed by atoms with Gasteiger partial charge in [-0.25, -0.2) is 8.78 Å². The molecule has 2 bridgehead atoms. The Bertz CT molecular complexity index is 590. The van der Waals surface area contributed by atoms with E-state index in [0.717, 1.165) is 12.1 Å². The van der Waals surface area contributed by atoms with Gasteiger partial charge >= 0.3 is 0 Å². The molecular formula is C15H14BrF2NO. The summed E-state index contributed by atoms with van der Waals surface area (Å²) < 4.78 is 27.2. The lowest BCUT2D eigenvalue weighted by Crippen LogP contribution is -2.19. The van der Waals surface area contributed by atoms with Gasteiger partial charge in [0.1, 0.15) is 11.6 Å². The molecule has 2 nitrogen and oxygen atoms in total. The van der Waals surface area contributed by atoms with Gasteiger partial charge in [0.25, 0.3) is 0 Å². The molecule has 1 N–H and O–H groups in total. The van der Waals surface area contributed by atoms with Crippen LogP contribution >= 0.6 is 15.9 Å².